The van der Waals surface area contributed by atoms with Crippen LogP contribution in [0.1, 0.15) is 30.1 Å². The van der Waals surface area contributed by atoms with Crippen LogP contribution in [0.3, 0.4) is 0 Å². The maximum absolute atomic E-state index is 13.6. The highest BCUT2D eigenvalue weighted by Crippen LogP contribution is 2.37. The predicted molar refractivity (Wildman–Crippen MR) is 153 cm³/mol. The third-order valence-corrected chi connectivity index (χ3v) is 8.22. The number of imidazole rings is 1. The van der Waals surface area contributed by atoms with E-state index in [9.17, 15) is 20.0 Å². The lowest BCUT2D eigenvalue weighted by Gasteiger charge is -2.37. The molecule has 0 aliphatic carbocycles. The standard InChI is InChI=1S/C29H29N9O3/c30-12-18-3-1-4-19(11-18)22-15-37(28-25(22)27(32-17-33-28)36-13-21(39)14-36)16-24(40)35-9-6-20(7-10-35)38-23-5-2-8-31-26(23)34-29(38)41/h1-5,11,15,17,20-21,31,39H,6-10,13-14,16H2,(H,34,41). The van der Waals surface area contributed by atoms with Gasteiger partial charge in [0.05, 0.1) is 28.8 Å². The van der Waals surface area contributed by atoms with Gasteiger partial charge < -0.3 is 24.8 Å². The number of anilines is 2. The van der Waals surface area contributed by atoms with Gasteiger partial charge in [0.25, 0.3) is 0 Å². The highest BCUT2D eigenvalue weighted by Gasteiger charge is 2.31. The summed E-state index contributed by atoms with van der Waals surface area (Å²) in [4.78, 5) is 42.1. The van der Waals surface area contributed by atoms with E-state index in [0.717, 1.165) is 28.0 Å². The van der Waals surface area contributed by atoms with Gasteiger partial charge in [-0.25, -0.2) is 14.8 Å². The molecule has 2 fully saturated rings. The van der Waals surface area contributed by atoms with Gasteiger partial charge in [-0.2, -0.15) is 5.26 Å². The third kappa shape index (κ3) is 4.35. The van der Waals surface area contributed by atoms with Crippen LogP contribution < -0.4 is 15.9 Å². The highest BCUT2D eigenvalue weighted by molar-refractivity contribution is 6.02. The van der Waals surface area contributed by atoms with Gasteiger partial charge in [0.2, 0.25) is 5.91 Å². The number of nitriles is 1. The number of piperidine rings is 1. The number of nitrogens with zero attached hydrogens (tertiary/aromatic N) is 7. The van der Waals surface area contributed by atoms with Crippen molar-refractivity contribution in [2.75, 3.05) is 42.9 Å². The van der Waals surface area contributed by atoms with Crippen molar-refractivity contribution in [3.05, 3.63) is 64.6 Å². The lowest BCUT2D eigenvalue weighted by atomic mass is 10.0. The number of aromatic nitrogens is 5. The van der Waals surface area contributed by atoms with Crippen LogP contribution >= 0.6 is 0 Å². The normalized spacial score (nSPS) is 17.3. The quantitative estimate of drug-likeness (QED) is 0.341. The van der Waals surface area contributed by atoms with Crippen LogP contribution in [0.2, 0.25) is 0 Å². The van der Waals surface area contributed by atoms with Crippen molar-refractivity contribution in [3.8, 4) is 17.2 Å². The number of H-pyrrole nitrogens is 1. The van der Waals surface area contributed by atoms with E-state index in [4.69, 9.17) is 0 Å². The van der Waals surface area contributed by atoms with Crippen molar-refractivity contribution >= 4 is 34.7 Å². The van der Waals surface area contributed by atoms with E-state index in [-0.39, 0.29) is 24.2 Å². The summed E-state index contributed by atoms with van der Waals surface area (Å²) < 4.78 is 3.66. The zero-order chi connectivity index (χ0) is 28.1. The molecular formula is C29H29N9O3. The highest BCUT2D eigenvalue weighted by atomic mass is 16.3. The van der Waals surface area contributed by atoms with Crippen LogP contribution in [-0.4, -0.2) is 78.8 Å². The fourth-order valence-corrected chi connectivity index (χ4v) is 6.14. The Bertz CT molecular complexity index is 1780. The SMILES string of the molecule is N#Cc1cccc(-c2cn(CC(=O)N3CCC(n4c5c([nH]c4=O)NCC=C5)CC3)c3ncnc(N4CC(O)C4)c23)c1. The molecule has 3 aromatic heterocycles. The van der Waals surface area contributed by atoms with Crippen molar-refractivity contribution in [1.82, 2.24) is 29.0 Å². The fourth-order valence-electron chi connectivity index (χ4n) is 6.14. The van der Waals surface area contributed by atoms with Crippen molar-refractivity contribution in [1.29, 1.82) is 5.26 Å². The number of fused-ring (bicyclic) bond motifs is 2. The second-order valence-electron chi connectivity index (χ2n) is 10.8. The predicted octanol–water partition coefficient (Wildman–Crippen LogP) is 1.94. The molecular weight excluding hydrogens is 522 g/mol. The molecule has 3 N–H and O–H groups in total. The van der Waals surface area contributed by atoms with Crippen LogP contribution in [0.5, 0.6) is 0 Å². The van der Waals surface area contributed by atoms with E-state index in [1.165, 1.54) is 6.33 Å². The molecule has 41 heavy (non-hydrogen) atoms. The molecule has 12 nitrogen and oxygen atoms in total. The van der Waals surface area contributed by atoms with Crippen LogP contribution in [-0.2, 0) is 11.3 Å². The van der Waals surface area contributed by atoms with E-state index < -0.39 is 6.10 Å². The summed E-state index contributed by atoms with van der Waals surface area (Å²) in [5.41, 5.74) is 3.57. The molecule has 7 rings (SSSR count). The lowest BCUT2D eigenvalue weighted by molar-refractivity contribution is -0.133. The first kappa shape index (κ1) is 25.1. The van der Waals surface area contributed by atoms with Crippen LogP contribution in [0.4, 0.5) is 11.6 Å². The average molecular weight is 552 g/mol. The molecule has 4 aromatic rings. The molecule has 3 aliphatic rings. The van der Waals surface area contributed by atoms with E-state index in [1.807, 2.05) is 55.5 Å². The van der Waals surface area contributed by atoms with Crippen molar-refractivity contribution in [2.24, 2.45) is 0 Å². The summed E-state index contributed by atoms with van der Waals surface area (Å²) in [7, 11) is 0. The second-order valence-corrected chi connectivity index (χ2v) is 10.8. The van der Waals surface area contributed by atoms with Gasteiger partial charge in [-0.05, 0) is 36.6 Å². The summed E-state index contributed by atoms with van der Waals surface area (Å²) in [5.74, 6) is 1.43. The molecule has 6 heterocycles. The Morgan fingerprint density at radius 2 is 2.02 bits per heavy atom. The second kappa shape index (κ2) is 9.94. The van der Waals surface area contributed by atoms with Crippen LogP contribution in [0.15, 0.2) is 47.7 Å². The summed E-state index contributed by atoms with van der Waals surface area (Å²) in [6, 6.07) is 9.55. The summed E-state index contributed by atoms with van der Waals surface area (Å²) in [6.07, 6.45) is 8.33. The van der Waals surface area contributed by atoms with Gasteiger partial charge in [0.1, 0.15) is 30.2 Å². The van der Waals surface area contributed by atoms with E-state index in [1.54, 1.807) is 6.07 Å². The lowest BCUT2D eigenvalue weighted by Crippen LogP contribution is -2.51. The molecule has 3 aliphatic heterocycles. The Hall–Kier alpha value is -4.89. The summed E-state index contributed by atoms with van der Waals surface area (Å²) >= 11 is 0. The average Bonchev–Trinajstić information content (AvgIpc) is 3.52. The number of aliphatic hydroxyl groups excluding tert-OH is 1. The zero-order valence-corrected chi connectivity index (χ0v) is 22.3. The largest absolute Gasteiger partial charge is 0.389 e. The Balaban J connectivity index is 1.16. The minimum atomic E-state index is -0.406. The van der Waals surface area contributed by atoms with E-state index in [2.05, 4.69) is 26.3 Å². The van der Waals surface area contributed by atoms with Gasteiger partial charge in [-0.1, -0.05) is 18.2 Å². The monoisotopic (exact) mass is 551 g/mol. The first-order valence-corrected chi connectivity index (χ1v) is 13.8. The minimum absolute atomic E-state index is 0.0182. The molecule has 12 heteroatoms. The van der Waals surface area contributed by atoms with Crippen LogP contribution in [0, 0.1) is 11.3 Å². The number of β-amino-alcohol motifs (C(OH)–C–C–N with tert-alkyl or cyclic N) is 1. The molecule has 0 radical (unpaired) electrons. The van der Waals surface area contributed by atoms with Gasteiger partial charge in [0, 0.05) is 50.5 Å². The number of rotatable bonds is 5. The number of aromatic amines is 1. The first-order valence-electron chi connectivity index (χ1n) is 13.8. The Kier molecular flexibility index (Phi) is 6.09. The first-order chi connectivity index (χ1) is 20.0. The third-order valence-electron chi connectivity index (χ3n) is 8.22. The topological polar surface area (TPSA) is 148 Å². The van der Waals surface area contributed by atoms with Gasteiger partial charge in [0.15, 0.2) is 0 Å². The number of benzene rings is 1. The zero-order valence-electron chi connectivity index (χ0n) is 22.3. The summed E-state index contributed by atoms with van der Waals surface area (Å²) in [5, 5.41) is 23.4. The maximum Gasteiger partial charge on any atom is 0.327 e. The molecule has 208 valence electrons. The van der Waals surface area contributed by atoms with Crippen LogP contribution in [0.25, 0.3) is 28.2 Å². The smallest absolute Gasteiger partial charge is 0.327 e. The number of carbonyl (C=O) groups excluding carboxylic acids is 1. The Labute approximate surface area is 235 Å². The number of amides is 1. The number of nitrogens with one attached hydrogen (secondary N) is 2. The van der Waals surface area contributed by atoms with E-state index in [0.29, 0.717) is 62.6 Å². The van der Waals surface area contributed by atoms with E-state index >= 15 is 0 Å². The molecule has 2 saturated heterocycles. The van der Waals surface area contributed by atoms with Crippen molar-refractivity contribution < 1.29 is 9.90 Å². The molecule has 0 saturated carbocycles. The van der Waals surface area contributed by atoms with Crippen molar-refractivity contribution in [2.45, 2.75) is 31.5 Å². The van der Waals surface area contributed by atoms with Gasteiger partial charge in [-0.15, -0.1) is 0 Å². The Morgan fingerprint density at radius 1 is 1.20 bits per heavy atom. The molecule has 1 amide bonds. The maximum atomic E-state index is 13.6. The van der Waals surface area contributed by atoms with Gasteiger partial charge >= 0.3 is 5.69 Å². The minimum Gasteiger partial charge on any atom is -0.389 e. The molecule has 0 atom stereocenters. The molecule has 0 unspecified atom stereocenters. The molecule has 0 spiro atoms. The number of likely N-dealkylation sites (tertiary alicyclic amines) is 1. The number of carbonyl (C=O) groups is 1. The summed E-state index contributed by atoms with van der Waals surface area (Å²) in [6.45, 7) is 2.84. The van der Waals surface area contributed by atoms with Crippen molar-refractivity contribution in [3.63, 3.8) is 0 Å². The number of aliphatic hydroxyl groups is 1. The molecule has 1 aromatic carbocycles. The Morgan fingerprint density at radius 3 is 2.80 bits per heavy atom. The number of hydrogen-bond acceptors (Lipinski definition) is 8. The fraction of sp³-hybridized carbons (Fsp3) is 0.345. The van der Waals surface area contributed by atoms with Gasteiger partial charge in [-0.3, -0.25) is 14.3 Å². The molecule has 0 bridgehead atoms. The number of hydrogen-bond donors (Lipinski definition) is 3.